The van der Waals surface area contributed by atoms with E-state index in [0.717, 1.165) is 83.9 Å². The lowest BCUT2D eigenvalue weighted by molar-refractivity contribution is -0.146. The molecule has 0 radical (unpaired) electrons. The molecule has 17 heteroatoms. The molecule has 69 heavy (non-hydrogen) atoms. The van der Waals surface area contributed by atoms with Gasteiger partial charge in [0, 0.05) is 18.4 Å². The lowest BCUT2D eigenvalue weighted by atomic mass is 10.1. The third-order valence-corrected chi connectivity index (χ3v) is 11.0. The number of nitrogens with one attached hydrogen (secondary N) is 4. The summed E-state index contributed by atoms with van der Waals surface area (Å²) in [5.41, 5.74) is 28.2. The third kappa shape index (κ3) is 20.5. The van der Waals surface area contributed by atoms with Gasteiger partial charge in [-0.2, -0.15) is 4.98 Å². The topological polar surface area (TPSA) is 263 Å². The third-order valence-electron chi connectivity index (χ3n) is 10.4. The summed E-state index contributed by atoms with van der Waals surface area (Å²) in [5.74, 6) is -3.28. The predicted molar refractivity (Wildman–Crippen MR) is 290 cm³/mol. The molecule has 3 aliphatic heterocycles. The van der Waals surface area contributed by atoms with Crippen molar-refractivity contribution in [3.63, 3.8) is 0 Å². The first-order chi connectivity index (χ1) is 31.8. The van der Waals surface area contributed by atoms with Crippen LogP contribution in [0.3, 0.4) is 0 Å². The molecule has 0 bridgehead atoms. The summed E-state index contributed by atoms with van der Waals surface area (Å²) in [4.78, 5) is 75.5. The van der Waals surface area contributed by atoms with Crippen LogP contribution in [0.4, 0.5) is 27.5 Å². The molecule has 3 aromatic carbocycles. The molecule has 0 saturated carbocycles. The predicted octanol–water partition coefficient (Wildman–Crippen LogP) is 9.61. The fraction of sp³-hybridized carbons (Fsp3) is 0.385. The molecule has 0 unspecified atom stereocenters. The van der Waals surface area contributed by atoms with Gasteiger partial charge in [-0.25, -0.2) is 14.6 Å². The van der Waals surface area contributed by atoms with E-state index in [1.807, 2.05) is 80.8 Å². The summed E-state index contributed by atoms with van der Waals surface area (Å²) in [7, 11) is 0. The minimum atomic E-state index is -1.25. The number of fused-ring (bicyclic) bond motifs is 2. The summed E-state index contributed by atoms with van der Waals surface area (Å²) < 4.78 is 1.93. The standard InChI is InChI=1S/C18H20N4O2.C14H22N2.C8H12N2.C6H11Br.C4H2N2O4.2CH4/c1-4-5-6-7-8-22-14-10-12(3)11(2)9-13(14)19-15-16(22)20-18(24)21-17(15)23;1-4-5-6-7-8-16-14-10-12(3)11(2)9-13(14)15;1-5-3-7(9)8(10)4-6(5)2;1-2-3-4-5-6-7;7-1-2(8)5-4(10)6-3(1)9;;/h4,9-10H,1,5-8H2,2-3H3,(H,21,23,24);4,9-10,16H,1,5-8,15H2,2-3H3;3-4H,9-10H2,1-2H3;2H,1,3-6H2;(H2,5,6,8,9,10);2*1H4. The van der Waals surface area contributed by atoms with E-state index in [2.05, 4.69) is 75.8 Å². The van der Waals surface area contributed by atoms with Crippen LogP contribution in [0.15, 0.2) is 84.0 Å². The Balaban J connectivity index is 0.000000894. The average molecular weight is 1020 g/mol. The number of alkyl halides is 1. The average Bonchev–Trinajstić information content (AvgIpc) is 3.27. The number of H-pyrrole nitrogens is 1. The summed E-state index contributed by atoms with van der Waals surface area (Å²) in [6.07, 6.45) is 15.8. The number of amides is 4. The number of halogens is 1. The highest BCUT2D eigenvalue weighted by molar-refractivity contribution is 9.09. The minimum absolute atomic E-state index is 0. The fourth-order valence-corrected chi connectivity index (χ4v) is 6.56. The number of nitrogens with two attached hydrogens (primary N) is 3. The van der Waals surface area contributed by atoms with Crippen LogP contribution in [0.25, 0.3) is 22.6 Å². The van der Waals surface area contributed by atoms with Crippen molar-refractivity contribution in [2.45, 2.75) is 121 Å². The van der Waals surface area contributed by atoms with Crippen molar-refractivity contribution in [2.24, 2.45) is 0 Å². The zero-order valence-electron chi connectivity index (χ0n) is 39.7. The smallest absolute Gasteiger partial charge is 0.349 e. The number of allylic oxidation sites excluding steroid dienone is 3. The number of hydrogen-bond donors (Lipinski definition) is 7. The SMILES string of the molecule is C.C.C=CCCCCBr.C=CCCCCNc1cc(C)c(C)cc1N.C=CCCCCn1c2nc(=O)[nH]c(=O)c-2nc2cc(C)c(C)cc21.Cc1cc(N)c(N)cc1C.O=C1NC(=O)C(=O)C(=O)N1. The van der Waals surface area contributed by atoms with Crippen LogP contribution in [0.1, 0.15) is 106 Å². The van der Waals surface area contributed by atoms with Crippen LogP contribution < -0.4 is 44.4 Å². The van der Waals surface area contributed by atoms with Crippen LogP contribution in [0.2, 0.25) is 0 Å². The molecule has 10 N–H and O–H groups in total. The number of aromatic amines is 1. The lowest BCUT2D eigenvalue weighted by Gasteiger charge is -2.17. The van der Waals surface area contributed by atoms with Gasteiger partial charge in [0.2, 0.25) is 0 Å². The van der Waals surface area contributed by atoms with E-state index in [1.54, 1.807) is 10.6 Å². The molecule has 3 aliphatic rings. The number of Topliss-reactive ketones (excluding diaryl/α,β-unsaturated/α-hetero) is 1. The van der Waals surface area contributed by atoms with Gasteiger partial charge in [0.1, 0.15) is 0 Å². The molecule has 16 nitrogen and oxygen atoms in total. The highest BCUT2D eigenvalue weighted by atomic mass is 79.9. The number of nitrogens with zero attached hydrogens (tertiary/aromatic N) is 3. The molecular weight excluding hydrogens is 941 g/mol. The summed E-state index contributed by atoms with van der Waals surface area (Å²) in [6, 6.07) is 11.0. The number of rotatable bonds is 15. The van der Waals surface area contributed by atoms with Gasteiger partial charge in [-0.15, -0.1) is 19.7 Å². The lowest BCUT2D eigenvalue weighted by Crippen LogP contribution is -2.56. The Bertz CT molecular complexity index is 2550. The van der Waals surface area contributed by atoms with E-state index in [9.17, 15) is 28.8 Å². The summed E-state index contributed by atoms with van der Waals surface area (Å²) >= 11 is 3.35. The number of barbiturate groups is 1. The van der Waals surface area contributed by atoms with Crippen LogP contribution in [-0.4, -0.2) is 55.0 Å². The second-order valence-corrected chi connectivity index (χ2v) is 16.6. The van der Waals surface area contributed by atoms with E-state index in [-0.39, 0.29) is 20.5 Å². The van der Waals surface area contributed by atoms with E-state index in [1.165, 1.54) is 41.5 Å². The first kappa shape index (κ1) is 62.1. The number of unbranched alkanes of at least 4 members (excludes halogenated alkanes) is 6. The van der Waals surface area contributed by atoms with Gasteiger partial charge >= 0.3 is 29.3 Å². The van der Waals surface area contributed by atoms with Crippen LogP contribution in [-0.2, 0) is 20.9 Å². The molecule has 0 aliphatic carbocycles. The van der Waals surface area contributed by atoms with Crippen molar-refractivity contribution in [1.82, 2.24) is 30.2 Å². The molecule has 6 rings (SSSR count). The second kappa shape index (κ2) is 32.0. The van der Waals surface area contributed by atoms with Crippen molar-refractivity contribution in [3.05, 3.63) is 129 Å². The van der Waals surface area contributed by atoms with Crippen molar-refractivity contribution >= 4 is 73.3 Å². The number of nitrogen functional groups attached to an aromatic ring is 3. The number of carbonyl (C=O) groups excluding carboxylic acids is 4. The van der Waals surface area contributed by atoms with Crippen molar-refractivity contribution in [3.8, 4) is 11.5 Å². The maximum absolute atomic E-state index is 12.1. The second-order valence-electron chi connectivity index (χ2n) is 15.9. The fourth-order valence-electron chi connectivity index (χ4n) is 6.16. The molecule has 0 atom stereocenters. The highest BCUT2D eigenvalue weighted by Gasteiger charge is 2.31. The van der Waals surface area contributed by atoms with E-state index in [0.29, 0.717) is 23.7 Å². The zero-order chi connectivity index (χ0) is 50.2. The largest absolute Gasteiger partial charge is 0.397 e. The number of ketones is 1. The van der Waals surface area contributed by atoms with E-state index in [4.69, 9.17) is 17.2 Å². The Kier molecular flexibility index (Phi) is 28.8. The van der Waals surface area contributed by atoms with Gasteiger partial charge in [-0.1, -0.05) is 49.0 Å². The van der Waals surface area contributed by atoms with Crippen molar-refractivity contribution in [2.75, 3.05) is 34.4 Å². The molecule has 1 fully saturated rings. The Hall–Kier alpha value is -6.88. The number of aromatic nitrogens is 4. The van der Waals surface area contributed by atoms with Gasteiger partial charge in [0.05, 0.1) is 33.8 Å². The highest BCUT2D eigenvalue weighted by Crippen LogP contribution is 2.25. The van der Waals surface area contributed by atoms with Gasteiger partial charge < -0.3 is 27.1 Å². The number of anilines is 4. The maximum atomic E-state index is 12.1. The van der Waals surface area contributed by atoms with Gasteiger partial charge in [-0.3, -0.25) is 34.8 Å². The number of carbonyl (C=O) groups is 4. The number of aryl methyl sites for hydroxylation is 7. The van der Waals surface area contributed by atoms with Gasteiger partial charge in [0.15, 0.2) is 11.5 Å². The molecule has 3 aromatic rings. The maximum Gasteiger partial charge on any atom is 0.349 e. The molecule has 0 spiro atoms. The quantitative estimate of drug-likeness (QED) is 0.0129. The summed E-state index contributed by atoms with van der Waals surface area (Å²) in [5, 5.41) is 7.71. The number of hydrogen-bond acceptors (Lipinski definition) is 12. The number of benzene rings is 3. The van der Waals surface area contributed by atoms with Crippen LogP contribution >= 0.6 is 15.9 Å². The Morgan fingerprint density at radius 1 is 0.623 bits per heavy atom. The molecular formula is C52H75BrN10O6. The van der Waals surface area contributed by atoms with Crippen LogP contribution in [0.5, 0.6) is 0 Å². The van der Waals surface area contributed by atoms with E-state index < -0.39 is 34.9 Å². The Morgan fingerprint density at radius 3 is 1.61 bits per heavy atom. The zero-order valence-corrected chi connectivity index (χ0v) is 41.3. The Labute approximate surface area is 416 Å². The summed E-state index contributed by atoms with van der Waals surface area (Å²) in [6.45, 7) is 25.0. The molecule has 1 saturated heterocycles. The van der Waals surface area contributed by atoms with Crippen LogP contribution in [0, 0.1) is 41.5 Å². The normalized spacial score (nSPS) is 11.2. The first-order valence-corrected chi connectivity index (χ1v) is 23.2. The number of imide groups is 2. The molecule has 4 amide bonds. The van der Waals surface area contributed by atoms with Crippen molar-refractivity contribution in [1.29, 1.82) is 0 Å². The monoisotopic (exact) mass is 1010 g/mol. The number of urea groups is 1. The van der Waals surface area contributed by atoms with Crippen molar-refractivity contribution < 1.29 is 19.2 Å². The minimum Gasteiger partial charge on any atom is -0.397 e. The molecule has 3 heterocycles. The van der Waals surface area contributed by atoms with Gasteiger partial charge in [-0.05, 0) is 169 Å². The van der Waals surface area contributed by atoms with E-state index >= 15 is 0 Å². The Morgan fingerprint density at radius 2 is 1.09 bits per heavy atom. The van der Waals surface area contributed by atoms with Gasteiger partial charge in [0.25, 0.3) is 5.56 Å². The molecule has 0 aromatic heterocycles. The molecule has 376 valence electrons. The first-order valence-electron chi connectivity index (χ1n) is 22.0.